The van der Waals surface area contributed by atoms with Crippen molar-refractivity contribution in [2.24, 2.45) is 0 Å². The molecule has 0 aliphatic rings. The molecule has 1 heterocycles. The average molecular weight is 622 g/mol. The summed E-state index contributed by atoms with van der Waals surface area (Å²) in [4.78, 5) is 0. The standard InChI is InChI=1S/C44H34B4O/c1-25-9-6-7-11-26(2)30(14-8-10-25)28-15-17-31-32-19-29(16-18-41(32)49-42(31)20-28)44-35-23-39(47)37(45)21-33(35)43(27-12-4-3-5-13-27)34-22-38(46)40(48)24-36(34)44/h3-24H,1-2,45-48H2. The van der Waals surface area contributed by atoms with Gasteiger partial charge in [-0.15, -0.1) is 0 Å². The first-order valence-corrected chi connectivity index (χ1v) is 16.9. The summed E-state index contributed by atoms with van der Waals surface area (Å²) in [5, 5.41) is 9.20. The molecule has 0 N–H and O–H groups in total. The van der Waals surface area contributed by atoms with E-state index in [0.29, 0.717) is 0 Å². The number of benzene rings is 6. The summed E-state index contributed by atoms with van der Waals surface area (Å²) < 4.78 is 6.53. The summed E-state index contributed by atoms with van der Waals surface area (Å²) in [6, 6.07) is 47.8. The SMILES string of the molecule is Bc1cc2c(-c3ccccc3)c3cc(B)c(B)cc3c(-c3ccc4oc5cc(-c6cccc(=C)ccccc6=C)ccc5c4c3)c2cc1B. The van der Waals surface area contributed by atoms with E-state index in [2.05, 4.69) is 142 Å². The van der Waals surface area contributed by atoms with Crippen molar-refractivity contribution in [1.29, 1.82) is 0 Å². The normalized spacial score (nSPS) is 11.3. The molecule has 0 fully saturated rings. The number of furan rings is 1. The Hall–Kier alpha value is -5.66. The third-order valence-corrected chi connectivity index (χ3v) is 10.1. The topological polar surface area (TPSA) is 13.1 Å². The molecule has 1 aromatic heterocycles. The molecular formula is C44H34B4O. The molecule has 0 aliphatic heterocycles. The molecule has 49 heavy (non-hydrogen) atoms. The Morgan fingerprint density at radius 3 is 1.59 bits per heavy atom. The second-order valence-corrected chi connectivity index (χ2v) is 13.4. The van der Waals surface area contributed by atoms with Gasteiger partial charge in [-0.1, -0.05) is 144 Å². The Kier molecular flexibility index (Phi) is 7.57. The van der Waals surface area contributed by atoms with Crippen LogP contribution in [0.3, 0.4) is 0 Å². The van der Waals surface area contributed by atoms with Crippen molar-refractivity contribution < 1.29 is 4.42 Å². The molecule has 0 unspecified atom stereocenters. The van der Waals surface area contributed by atoms with Crippen molar-refractivity contribution >= 4 is 110 Å². The van der Waals surface area contributed by atoms with Crippen molar-refractivity contribution in [2.75, 3.05) is 0 Å². The first kappa shape index (κ1) is 30.7. The third-order valence-electron chi connectivity index (χ3n) is 10.1. The lowest BCUT2D eigenvalue weighted by Crippen LogP contribution is -2.26. The minimum absolute atomic E-state index is 0.861. The lowest BCUT2D eigenvalue weighted by molar-refractivity contribution is 0.669. The molecule has 1 nitrogen and oxygen atoms in total. The van der Waals surface area contributed by atoms with Crippen molar-refractivity contribution in [3.8, 4) is 33.4 Å². The zero-order valence-corrected chi connectivity index (χ0v) is 28.5. The second kappa shape index (κ2) is 12.1. The number of hydrogen-bond acceptors (Lipinski definition) is 1. The third kappa shape index (κ3) is 5.36. The van der Waals surface area contributed by atoms with Gasteiger partial charge in [0.2, 0.25) is 0 Å². The van der Waals surface area contributed by atoms with Crippen LogP contribution in [0.4, 0.5) is 0 Å². The molecule has 8 aromatic rings. The molecule has 0 atom stereocenters. The van der Waals surface area contributed by atoms with Gasteiger partial charge in [0.1, 0.15) is 42.6 Å². The van der Waals surface area contributed by atoms with Crippen LogP contribution < -0.4 is 32.3 Å². The quantitative estimate of drug-likeness (QED) is 0.216. The summed E-state index contributed by atoms with van der Waals surface area (Å²) in [5.74, 6) is 0. The fraction of sp³-hybridized carbons (Fsp3) is 0. The molecule has 228 valence electrons. The highest BCUT2D eigenvalue weighted by Crippen LogP contribution is 2.44. The Morgan fingerprint density at radius 1 is 0.388 bits per heavy atom. The predicted molar refractivity (Wildman–Crippen MR) is 226 cm³/mol. The van der Waals surface area contributed by atoms with Crippen molar-refractivity contribution in [1.82, 2.24) is 0 Å². The smallest absolute Gasteiger partial charge is 0.138 e. The molecule has 8 rings (SSSR count). The summed E-state index contributed by atoms with van der Waals surface area (Å²) in [6.45, 7) is 8.45. The lowest BCUT2D eigenvalue weighted by Gasteiger charge is -2.20. The predicted octanol–water partition coefficient (Wildman–Crippen LogP) is 3.87. The van der Waals surface area contributed by atoms with Gasteiger partial charge in [-0.25, -0.2) is 0 Å². The lowest BCUT2D eigenvalue weighted by atomic mass is 9.73. The molecule has 0 bridgehead atoms. The van der Waals surface area contributed by atoms with Gasteiger partial charge in [-0.2, -0.15) is 0 Å². The van der Waals surface area contributed by atoms with Crippen LogP contribution in [0.1, 0.15) is 0 Å². The minimum atomic E-state index is 0.861. The van der Waals surface area contributed by atoms with Gasteiger partial charge in [0.05, 0.1) is 0 Å². The summed E-state index contributed by atoms with van der Waals surface area (Å²) in [7, 11) is 8.88. The van der Waals surface area contributed by atoms with Crippen LogP contribution in [0.2, 0.25) is 0 Å². The largest absolute Gasteiger partial charge is 0.456 e. The van der Waals surface area contributed by atoms with Crippen LogP contribution >= 0.6 is 0 Å². The maximum absolute atomic E-state index is 6.53. The van der Waals surface area contributed by atoms with Gasteiger partial charge in [0.15, 0.2) is 0 Å². The molecule has 0 amide bonds. The molecule has 7 aromatic carbocycles. The molecule has 0 saturated carbocycles. The average Bonchev–Trinajstić information content (AvgIpc) is 3.46. The van der Waals surface area contributed by atoms with Gasteiger partial charge >= 0.3 is 0 Å². The van der Waals surface area contributed by atoms with Crippen LogP contribution in [0.25, 0.3) is 90.0 Å². The van der Waals surface area contributed by atoms with E-state index < -0.39 is 0 Å². The first-order chi connectivity index (χ1) is 23.8. The molecule has 0 spiro atoms. The summed E-state index contributed by atoms with van der Waals surface area (Å²) in [5.41, 5.74) is 14.0. The number of fused-ring (bicyclic) bond motifs is 5. The molecule has 0 aliphatic carbocycles. The first-order valence-electron chi connectivity index (χ1n) is 16.9. The Bertz CT molecular complexity index is 2730. The second-order valence-electron chi connectivity index (χ2n) is 13.4. The Morgan fingerprint density at radius 2 is 0.939 bits per heavy atom. The van der Waals surface area contributed by atoms with Crippen molar-refractivity contribution in [3.05, 3.63) is 144 Å². The van der Waals surface area contributed by atoms with Crippen LogP contribution in [0, 0.1) is 0 Å². The molecular weight excluding hydrogens is 588 g/mol. The molecule has 0 radical (unpaired) electrons. The van der Waals surface area contributed by atoms with E-state index in [1.807, 2.05) is 36.4 Å². The highest BCUT2D eigenvalue weighted by Gasteiger charge is 2.20. The maximum atomic E-state index is 6.53. The van der Waals surface area contributed by atoms with Gasteiger partial charge < -0.3 is 4.42 Å². The van der Waals surface area contributed by atoms with E-state index in [4.69, 9.17) is 4.42 Å². The Balaban J connectivity index is 1.40. The van der Waals surface area contributed by atoms with E-state index >= 15 is 0 Å². The summed E-state index contributed by atoms with van der Waals surface area (Å²) in [6.07, 6.45) is 0. The molecule has 0 saturated heterocycles. The molecule has 5 heteroatoms. The maximum Gasteiger partial charge on any atom is 0.138 e. The van der Waals surface area contributed by atoms with Gasteiger partial charge in [0.25, 0.3) is 0 Å². The number of hydrogen-bond donors (Lipinski definition) is 0. The van der Waals surface area contributed by atoms with Crippen LogP contribution in [-0.2, 0) is 0 Å². The number of rotatable bonds is 3. The van der Waals surface area contributed by atoms with Gasteiger partial charge in [-0.3, -0.25) is 0 Å². The fourth-order valence-electron chi connectivity index (χ4n) is 7.23. The summed E-state index contributed by atoms with van der Waals surface area (Å²) >= 11 is 0. The van der Waals surface area contributed by atoms with Gasteiger partial charge in [0, 0.05) is 10.8 Å². The van der Waals surface area contributed by atoms with E-state index in [1.165, 1.54) is 65.6 Å². The van der Waals surface area contributed by atoms with E-state index in [-0.39, 0.29) is 0 Å². The zero-order chi connectivity index (χ0) is 33.8. The van der Waals surface area contributed by atoms with Gasteiger partial charge in [-0.05, 0) is 89.6 Å². The van der Waals surface area contributed by atoms with Crippen molar-refractivity contribution in [2.45, 2.75) is 0 Å². The van der Waals surface area contributed by atoms with Crippen LogP contribution in [-0.4, -0.2) is 31.4 Å². The fourth-order valence-corrected chi connectivity index (χ4v) is 7.23. The van der Waals surface area contributed by atoms with Crippen LogP contribution in [0.5, 0.6) is 0 Å². The highest BCUT2D eigenvalue weighted by atomic mass is 16.3. The monoisotopic (exact) mass is 622 g/mol. The minimum Gasteiger partial charge on any atom is -0.456 e. The zero-order valence-electron chi connectivity index (χ0n) is 28.5. The van der Waals surface area contributed by atoms with Crippen LogP contribution in [0.15, 0.2) is 138 Å². The van der Waals surface area contributed by atoms with E-state index in [9.17, 15) is 0 Å². The highest BCUT2D eigenvalue weighted by molar-refractivity contribution is 6.51. The van der Waals surface area contributed by atoms with E-state index in [0.717, 1.165) is 43.5 Å². The van der Waals surface area contributed by atoms with E-state index in [1.54, 1.807) is 0 Å². The Labute approximate surface area is 290 Å². The van der Waals surface area contributed by atoms with Crippen molar-refractivity contribution in [3.63, 3.8) is 0 Å².